The number of ether oxygens (including phenoxy) is 1. The summed E-state index contributed by atoms with van der Waals surface area (Å²) in [5.41, 5.74) is 2.51. The van der Waals surface area contributed by atoms with E-state index in [0.717, 1.165) is 31.7 Å². The van der Waals surface area contributed by atoms with E-state index in [4.69, 9.17) is 4.74 Å². The molecule has 4 aromatic carbocycles. The Morgan fingerprint density at radius 1 is 1.00 bits per heavy atom. The second-order valence-corrected chi connectivity index (χ2v) is 9.77. The molecular formula is C32H29FN2O3. The number of phenolic OH excluding ortho intramolecular Hbond substituents is 1. The van der Waals surface area contributed by atoms with Crippen molar-refractivity contribution in [3.05, 3.63) is 95.8 Å². The number of aromatic hydroxyl groups is 1. The molecule has 1 heterocycles. The Morgan fingerprint density at radius 2 is 1.79 bits per heavy atom. The Bertz CT molecular complexity index is 1500. The summed E-state index contributed by atoms with van der Waals surface area (Å²) < 4.78 is 19.4. The van der Waals surface area contributed by atoms with Crippen LogP contribution in [0.15, 0.2) is 78.9 Å². The van der Waals surface area contributed by atoms with Crippen LogP contribution >= 0.6 is 0 Å². The van der Waals surface area contributed by atoms with E-state index in [0.29, 0.717) is 41.4 Å². The van der Waals surface area contributed by atoms with Crippen molar-refractivity contribution in [1.29, 1.82) is 5.26 Å². The molecule has 38 heavy (non-hydrogen) atoms. The lowest BCUT2D eigenvalue weighted by Crippen LogP contribution is -2.41. The molecule has 5 nitrogen and oxygen atoms in total. The maximum Gasteiger partial charge on any atom is 0.260 e. The fourth-order valence-corrected chi connectivity index (χ4v) is 5.24. The van der Waals surface area contributed by atoms with Crippen molar-refractivity contribution in [1.82, 2.24) is 4.90 Å². The Labute approximate surface area is 221 Å². The third-order valence-corrected chi connectivity index (χ3v) is 7.38. The predicted molar refractivity (Wildman–Crippen MR) is 145 cm³/mol. The van der Waals surface area contributed by atoms with Gasteiger partial charge in [0, 0.05) is 30.3 Å². The quantitative estimate of drug-likeness (QED) is 0.310. The number of piperidine rings is 1. The van der Waals surface area contributed by atoms with Crippen molar-refractivity contribution < 1.29 is 19.0 Å². The van der Waals surface area contributed by atoms with Crippen LogP contribution in [0.1, 0.15) is 30.4 Å². The number of rotatable bonds is 7. The molecule has 1 fully saturated rings. The van der Waals surface area contributed by atoms with Gasteiger partial charge in [-0.25, -0.2) is 4.39 Å². The number of carbonyl (C=O) groups excluding carboxylic acids is 1. The van der Waals surface area contributed by atoms with Crippen LogP contribution < -0.4 is 4.74 Å². The topological polar surface area (TPSA) is 73.6 Å². The van der Waals surface area contributed by atoms with Crippen LogP contribution in [0.2, 0.25) is 0 Å². The van der Waals surface area contributed by atoms with Crippen LogP contribution in [0.3, 0.4) is 0 Å². The molecule has 0 radical (unpaired) electrons. The van der Waals surface area contributed by atoms with E-state index in [-0.39, 0.29) is 18.3 Å². The zero-order valence-electron chi connectivity index (χ0n) is 21.1. The number of aryl methyl sites for hydroxylation is 1. The van der Waals surface area contributed by atoms with E-state index in [2.05, 4.69) is 48.5 Å². The molecule has 1 aliphatic rings. The van der Waals surface area contributed by atoms with Crippen LogP contribution in [0.5, 0.6) is 11.5 Å². The molecule has 0 saturated carbocycles. The number of hydrogen-bond donors (Lipinski definition) is 1. The summed E-state index contributed by atoms with van der Waals surface area (Å²) in [4.78, 5) is 14.8. The van der Waals surface area contributed by atoms with Gasteiger partial charge in [-0.2, -0.15) is 5.26 Å². The molecule has 192 valence electrons. The molecule has 0 bridgehead atoms. The fourth-order valence-electron chi connectivity index (χ4n) is 5.24. The van der Waals surface area contributed by atoms with Crippen molar-refractivity contribution >= 4 is 16.7 Å². The summed E-state index contributed by atoms with van der Waals surface area (Å²) in [6.45, 7) is 1.24. The highest BCUT2D eigenvalue weighted by molar-refractivity contribution is 5.85. The molecule has 1 amide bonds. The van der Waals surface area contributed by atoms with Gasteiger partial charge in [-0.3, -0.25) is 4.79 Å². The normalized spacial score (nSPS) is 13.8. The van der Waals surface area contributed by atoms with Gasteiger partial charge in [0.2, 0.25) is 0 Å². The maximum absolute atomic E-state index is 13.5. The van der Waals surface area contributed by atoms with Gasteiger partial charge < -0.3 is 14.7 Å². The first-order chi connectivity index (χ1) is 18.5. The molecule has 0 aromatic heterocycles. The SMILES string of the molecule is N#Cc1ccc(OCC(=O)N2CCC(CCc3cccc4ccccc34)CC2)c(-c2ccc(F)cc2O)c1. The Hall–Kier alpha value is -4.37. The van der Waals surface area contributed by atoms with Crippen molar-refractivity contribution in [3.8, 4) is 28.7 Å². The van der Waals surface area contributed by atoms with E-state index in [1.807, 2.05) is 4.90 Å². The smallest absolute Gasteiger partial charge is 0.260 e. The third kappa shape index (κ3) is 5.63. The minimum atomic E-state index is -0.569. The number of nitriles is 1. The number of likely N-dealkylation sites (tertiary alicyclic amines) is 1. The average molecular weight is 509 g/mol. The van der Waals surface area contributed by atoms with Gasteiger partial charge in [0.25, 0.3) is 5.91 Å². The standard InChI is InChI=1S/C32H29FN2O3/c33-26-11-12-28(30(36)19-26)29-18-23(20-34)9-13-31(29)38-21-32(37)35-16-14-22(15-17-35)8-10-25-6-3-5-24-4-1-2-7-27(24)25/h1-7,9,11-13,18-19,22,36H,8,10,14-17,21H2. The summed E-state index contributed by atoms with van der Waals surface area (Å²) in [7, 11) is 0. The minimum Gasteiger partial charge on any atom is -0.507 e. The number of fused-ring (bicyclic) bond motifs is 1. The van der Waals surface area contributed by atoms with Crippen molar-refractivity contribution in [2.24, 2.45) is 5.92 Å². The monoisotopic (exact) mass is 508 g/mol. The highest BCUT2D eigenvalue weighted by atomic mass is 19.1. The minimum absolute atomic E-state index is 0.101. The number of benzene rings is 4. The molecular weight excluding hydrogens is 479 g/mol. The second-order valence-electron chi connectivity index (χ2n) is 9.77. The third-order valence-electron chi connectivity index (χ3n) is 7.38. The second kappa shape index (κ2) is 11.4. The Balaban J connectivity index is 1.17. The highest BCUT2D eigenvalue weighted by Crippen LogP contribution is 2.37. The number of phenols is 1. The zero-order chi connectivity index (χ0) is 26.5. The average Bonchev–Trinajstić information content (AvgIpc) is 2.95. The molecule has 6 heteroatoms. The molecule has 0 unspecified atom stereocenters. The molecule has 1 aliphatic heterocycles. The Kier molecular flexibility index (Phi) is 7.55. The largest absolute Gasteiger partial charge is 0.507 e. The molecule has 1 saturated heterocycles. The van der Waals surface area contributed by atoms with E-state index in [1.54, 1.807) is 18.2 Å². The van der Waals surface area contributed by atoms with E-state index in [9.17, 15) is 19.6 Å². The van der Waals surface area contributed by atoms with Gasteiger partial charge >= 0.3 is 0 Å². The first kappa shape index (κ1) is 25.3. The first-order valence-electron chi connectivity index (χ1n) is 12.9. The summed E-state index contributed by atoms with van der Waals surface area (Å²) >= 11 is 0. The predicted octanol–water partition coefficient (Wildman–Crippen LogP) is 6.47. The fraction of sp³-hybridized carbons (Fsp3) is 0.250. The number of amides is 1. The molecule has 5 rings (SSSR count). The summed E-state index contributed by atoms with van der Waals surface area (Å²) in [6.07, 6.45) is 4.05. The van der Waals surface area contributed by atoms with Gasteiger partial charge in [-0.15, -0.1) is 0 Å². The van der Waals surface area contributed by atoms with E-state index < -0.39 is 5.82 Å². The number of halogens is 1. The van der Waals surface area contributed by atoms with Gasteiger partial charge in [0.15, 0.2) is 6.61 Å². The van der Waals surface area contributed by atoms with E-state index in [1.165, 1.54) is 28.5 Å². The van der Waals surface area contributed by atoms with Gasteiger partial charge in [-0.1, -0.05) is 42.5 Å². The van der Waals surface area contributed by atoms with Crippen LogP contribution in [0, 0.1) is 23.1 Å². The van der Waals surface area contributed by atoms with Gasteiger partial charge in [-0.05, 0) is 78.3 Å². The van der Waals surface area contributed by atoms with Gasteiger partial charge in [0.05, 0.1) is 11.6 Å². The first-order valence-corrected chi connectivity index (χ1v) is 12.9. The lowest BCUT2D eigenvalue weighted by atomic mass is 9.89. The molecule has 0 spiro atoms. The van der Waals surface area contributed by atoms with Crippen molar-refractivity contribution in [2.45, 2.75) is 25.7 Å². The number of hydrogen-bond acceptors (Lipinski definition) is 4. The van der Waals surface area contributed by atoms with Crippen LogP contribution in [-0.4, -0.2) is 35.6 Å². The summed E-state index contributed by atoms with van der Waals surface area (Å²) in [6, 6.07) is 25.4. The molecule has 4 aromatic rings. The number of carbonyl (C=O) groups is 1. The lowest BCUT2D eigenvalue weighted by molar-refractivity contribution is -0.134. The van der Waals surface area contributed by atoms with E-state index >= 15 is 0 Å². The van der Waals surface area contributed by atoms with Crippen LogP contribution in [-0.2, 0) is 11.2 Å². The maximum atomic E-state index is 13.5. The highest BCUT2D eigenvalue weighted by Gasteiger charge is 2.23. The molecule has 0 aliphatic carbocycles. The van der Waals surface area contributed by atoms with Crippen LogP contribution in [0.25, 0.3) is 21.9 Å². The molecule has 1 N–H and O–H groups in total. The number of nitrogens with zero attached hydrogens (tertiary/aromatic N) is 2. The van der Waals surface area contributed by atoms with Crippen molar-refractivity contribution in [3.63, 3.8) is 0 Å². The Morgan fingerprint density at radius 3 is 2.58 bits per heavy atom. The summed E-state index contributed by atoms with van der Waals surface area (Å²) in [5, 5.41) is 22.1. The zero-order valence-corrected chi connectivity index (χ0v) is 21.1. The van der Waals surface area contributed by atoms with Crippen LogP contribution in [0.4, 0.5) is 4.39 Å². The van der Waals surface area contributed by atoms with Crippen molar-refractivity contribution in [2.75, 3.05) is 19.7 Å². The molecule has 0 atom stereocenters. The summed E-state index contributed by atoms with van der Waals surface area (Å²) in [5.74, 6) is -0.00594. The van der Waals surface area contributed by atoms with Gasteiger partial charge in [0.1, 0.15) is 17.3 Å². The lowest BCUT2D eigenvalue weighted by Gasteiger charge is -2.32.